The quantitative estimate of drug-likeness (QED) is 0.663. The number of nitrogens with zero attached hydrogens (tertiary/aromatic N) is 1. The van der Waals surface area contributed by atoms with Crippen LogP contribution in [0.2, 0.25) is 5.02 Å². The second-order valence-electron chi connectivity index (χ2n) is 7.10. The van der Waals surface area contributed by atoms with Crippen molar-refractivity contribution in [3.05, 3.63) is 76.3 Å². The fourth-order valence-electron chi connectivity index (χ4n) is 3.53. The highest BCUT2D eigenvalue weighted by atomic mass is 35.5. The van der Waals surface area contributed by atoms with Gasteiger partial charge in [0.1, 0.15) is 5.75 Å². The molecule has 1 atom stereocenters. The monoisotopic (exact) mass is 367 g/mol. The maximum Gasteiger partial charge on any atom is 0.119 e. The normalized spacial score (nSPS) is 18.9. The number of hydrogen-bond donors (Lipinski definition) is 0. The van der Waals surface area contributed by atoms with Gasteiger partial charge in [-0.25, -0.2) is 0 Å². The second kappa shape index (κ2) is 8.57. The summed E-state index contributed by atoms with van der Waals surface area (Å²) >= 11 is 6.00. The molecule has 136 valence electrons. The van der Waals surface area contributed by atoms with Gasteiger partial charge in [0.15, 0.2) is 0 Å². The molecule has 0 bridgehead atoms. The molecule has 0 aromatic heterocycles. The third-order valence-corrected chi connectivity index (χ3v) is 5.02. The lowest BCUT2D eigenvalue weighted by Crippen LogP contribution is -2.24. The molecule has 0 saturated heterocycles. The summed E-state index contributed by atoms with van der Waals surface area (Å²) in [5.41, 5.74) is 5.19. The van der Waals surface area contributed by atoms with Crippen LogP contribution in [0.4, 0.5) is 0 Å². The lowest BCUT2D eigenvalue weighted by molar-refractivity contribution is 0.352. The molecule has 3 heteroatoms. The Balaban J connectivity index is 1.97. The van der Waals surface area contributed by atoms with E-state index in [1.54, 1.807) is 7.11 Å². The molecule has 1 aliphatic rings. The summed E-state index contributed by atoms with van der Waals surface area (Å²) in [7, 11) is 6.00. The van der Waals surface area contributed by atoms with E-state index in [9.17, 15) is 0 Å². The van der Waals surface area contributed by atoms with Crippen molar-refractivity contribution in [2.45, 2.75) is 12.8 Å². The largest absolute Gasteiger partial charge is 0.497 e. The Morgan fingerprint density at radius 1 is 1.15 bits per heavy atom. The summed E-state index contributed by atoms with van der Waals surface area (Å²) in [6.45, 7) is 1.05. The van der Waals surface area contributed by atoms with Crippen LogP contribution in [0.5, 0.6) is 5.75 Å². The molecule has 0 heterocycles. The molecule has 0 fully saturated rings. The van der Waals surface area contributed by atoms with Gasteiger partial charge in [-0.2, -0.15) is 0 Å². The van der Waals surface area contributed by atoms with E-state index in [0.29, 0.717) is 5.92 Å². The molecule has 1 aliphatic carbocycles. The van der Waals surface area contributed by atoms with Gasteiger partial charge in [-0.15, -0.1) is 0 Å². The highest BCUT2D eigenvalue weighted by Gasteiger charge is 2.22. The highest BCUT2D eigenvalue weighted by molar-refractivity contribution is 6.30. The standard InChI is InChI=1S/C23H26ClNO/c1-25(2)16-20-10-7-18(13-17-8-11-21(24)12-9-17)14-23(20)19-5-4-6-22(15-19)26-3/h4-6,8-9,11-15,20H,7,10,16H2,1-3H3. The SMILES string of the molecule is COc1cccc(C2=CC(=Cc3ccc(Cl)cc3)CCC2CN(C)C)c1. The second-order valence-corrected chi connectivity index (χ2v) is 7.54. The van der Waals surface area contributed by atoms with E-state index >= 15 is 0 Å². The highest BCUT2D eigenvalue weighted by Crippen LogP contribution is 2.37. The average molecular weight is 368 g/mol. The summed E-state index contributed by atoms with van der Waals surface area (Å²) in [5.74, 6) is 1.43. The Hall–Kier alpha value is -2.03. The van der Waals surface area contributed by atoms with Crippen LogP contribution >= 0.6 is 11.6 Å². The zero-order valence-electron chi connectivity index (χ0n) is 15.7. The molecule has 0 radical (unpaired) electrons. The molecule has 3 rings (SSSR count). The minimum Gasteiger partial charge on any atom is -0.497 e. The van der Waals surface area contributed by atoms with Gasteiger partial charge >= 0.3 is 0 Å². The van der Waals surface area contributed by atoms with Crippen molar-refractivity contribution in [1.29, 1.82) is 0 Å². The molecule has 0 amide bonds. The molecule has 0 N–H and O–H groups in total. The Bertz CT molecular complexity index is 805. The molecule has 0 saturated carbocycles. The van der Waals surface area contributed by atoms with E-state index in [2.05, 4.69) is 61.5 Å². The van der Waals surface area contributed by atoms with Crippen molar-refractivity contribution in [2.75, 3.05) is 27.7 Å². The number of halogens is 1. The molecule has 0 aliphatic heterocycles. The van der Waals surface area contributed by atoms with Crippen molar-refractivity contribution < 1.29 is 4.74 Å². The average Bonchev–Trinajstić information content (AvgIpc) is 2.64. The summed E-state index contributed by atoms with van der Waals surface area (Å²) in [6, 6.07) is 16.4. The summed E-state index contributed by atoms with van der Waals surface area (Å²) in [5, 5.41) is 0.773. The van der Waals surface area contributed by atoms with Gasteiger partial charge in [0, 0.05) is 11.6 Å². The molecular formula is C23H26ClNO. The first-order valence-electron chi connectivity index (χ1n) is 9.02. The number of hydrogen-bond acceptors (Lipinski definition) is 2. The van der Waals surface area contributed by atoms with Gasteiger partial charge in [-0.1, -0.05) is 48.0 Å². The Kier molecular flexibility index (Phi) is 6.18. The van der Waals surface area contributed by atoms with E-state index in [1.165, 1.54) is 22.3 Å². The molecular weight excluding hydrogens is 342 g/mol. The van der Waals surface area contributed by atoms with E-state index in [0.717, 1.165) is 30.2 Å². The lowest BCUT2D eigenvalue weighted by Gasteiger charge is -2.28. The topological polar surface area (TPSA) is 12.5 Å². The first-order chi connectivity index (χ1) is 12.5. The zero-order chi connectivity index (χ0) is 18.5. The van der Waals surface area contributed by atoms with Gasteiger partial charge < -0.3 is 9.64 Å². The number of benzene rings is 2. The molecule has 26 heavy (non-hydrogen) atoms. The van der Waals surface area contributed by atoms with Gasteiger partial charge in [0.25, 0.3) is 0 Å². The number of methoxy groups -OCH3 is 1. The number of ether oxygens (including phenoxy) is 1. The smallest absolute Gasteiger partial charge is 0.119 e. The van der Waals surface area contributed by atoms with E-state index in [-0.39, 0.29) is 0 Å². The molecule has 1 unspecified atom stereocenters. The molecule has 2 nitrogen and oxygen atoms in total. The molecule has 2 aromatic carbocycles. The maximum atomic E-state index is 6.00. The summed E-state index contributed by atoms with van der Waals surface area (Å²) < 4.78 is 5.43. The first kappa shape index (κ1) is 18.8. The lowest BCUT2D eigenvalue weighted by atomic mass is 9.81. The first-order valence-corrected chi connectivity index (χ1v) is 9.40. The van der Waals surface area contributed by atoms with Crippen LogP contribution in [-0.4, -0.2) is 32.6 Å². The van der Waals surface area contributed by atoms with Crippen molar-refractivity contribution >= 4 is 23.3 Å². The van der Waals surface area contributed by atoms with Crippen LogP contribution in [0, 0.1) is 5.92 Å². The van der Waals surface area contributed by atoms with E-state index < -0.39 is 0 Å². The van der Waals surface area contributed by atoms with Crippen molar-refractivity contribution in [3.63, 3.8) is 0 Å². The third-order valence-electron chi connectivity index (χ3n) is 4.77. The van der Waals surface area contributed by atoms with Crippen LogP contribution < -0.4 is 4.74 Å². The van der Waals surface area contributed by atoms with Gasteiger partial charge in [0.2, 0.25) is 0 Å². The maximum absolute atomic E-state index is 6.00. The number of allylic oxidation sites excluding steroid dienone is 2. The fraction of sp³-hybridized carbons (Fsp3) is 0.304. The molecule has 2 aromatic rings. The number of rotatable bonds is 5. The van der Waals surface area contributed by atoms with E-state index in [4.69, 9.17) is 16.3 Å². The van der Waals surface area contributed by atoms with Crippen molar-refractivity contribution in [3.8, 4) is 5.75 Å². The summed E-state index contributed by atoms with van der Waals surface area (Å²) in [4.78, 5) is 2.27. The van der Waals surface area contributed by atoms with Crippen LogP contribution in [0.1, 0.15) is 24.0 Å². The van der Waals surface area contributed by atoms with Gasteiger partial charge in [-0.3, -0.25) is 0 Å². The predicted octanol–water partition coefficient (Wildman–Crippen LogP) is 5.79. The van der Waals surface area contributed by atoms with Crippen LogP contribution in [-0.2, 0) is 0 Å². The Labute approximate surface area is 161 Å². The summed E-state index contributed by atoms with van der Waals surface area (Å²) in [6.07, 6.45) is 6.87. The van der Waals surface area contributed by atoms with Crippen LogP contribution in [0.15, 0.2) is 60.2 Å². The van der Waals surface area contributed by atoms with Gasteiger partial charge in [0.05, 0.1) is 7.11 Å². The predicted molar refractivity (Wildman–Crippen MR) is 112 cm³/mol. The Morgan fingerprint density at radius 2 is 1.92 bits per heavy atom. The van der Waals surface area contributed by atoms with Crippen molar-refractivity contribution in [1.82, 2.24) is 4.90 Å². The van der Waals surface area contributed by atoms with E-state index in [1.807, 2.05) is 18.2 Å². The Morgan fingerprint density at radius 3 is 2.62 bits per heavy atom. The van der Waals surface area contributed by atoms with Gasteiger partial charge in [-0.05, 0) is 79.4 Å². The molecule has 0 spiro atoms. The minimum atomic E-state index is 0.527. The van der Waals surface area contributed by atoms with Crippen molar-refractivity contribution in [2.24, 2.45) is 5.92 Å². The van der Waals surface area contributed by atoms with Crippen LogP contribution in [0.3, 0.4) is 0 Å². The minimum absolute atomic E-state index is 0.527. The zero-order valence-corrected chi connectivity index (χ0v) is 16.5. The third kappa shape index (κ3) is 4.78. The fourth-order valence-corrected chi connectivity index (χ4v) is 3.65. The van der Waals surface area contributed by atoms with Crippen LogP contribution in [0.25, 0.3) is 11.6 Å².